The van der Waals surface area contributed by atoms with Gasteiger partial charge in [0, 0.05) is 37.8 Å². The minimum atomic E-state index is -0.207. The van der Waals surface area contributed by atoms with Crippen molar-refractivity contribution in [1.29, 1.82) is 0 Å². The molecule has 0 spiro atoms. The fourth-order valence-electron chi connectivity index (χ4n) is 2.60. The zero-order valence-corrected chi connectivity index (χ0v) is 12.4. The summed E-state index contributed by atoms with van der Waals surface area (Å²) in [6.07, 6.45) is 8.36. The van der Waals surface area contributed by atoms with Crippen LogP contribution in [-0.4, -0.2) is 33.2 Å². The third-order valence-electron chi connectivity index (χ3n) is 3.74. The number of carbonyl (C=O) groups is 1. The second-order valence-corrected chi connectivity index (χ2v) is 5.34. The topological polar surface area (TPSA) is 81.1 Å². The molecule has 2 aromatic heterocycles. The molecule has 0 aromatic carbocycles. The van der Waals surface area contributed by atoms with Gasteiger partial charge in [-0.05, 0) is 25.0 Å². The van der Waals surface area contributed by atoms with Crippen molar-refractivity contribution in [3.63, 3.8) is 0 Å². The number of anilines is 1. The van der Waals surface area contributed by atoms with Crippen LogP contribution in [-0.2, 0) is 11.8 Å². The summed E-state index contributed by atoms with van der Waals surface area (Å²) in [5, 5.41) is 5.80. The third-order valence-corrected chi connectivity index (χ3v) is 3.74. The second kappa shape index (κ2) is 6.57. The summed E-state index contributed by atoms with van der Waals surface area (Å²) in [4.78, 5) is 20.1. The van der Waals surface area contributed by atoms with Crippen LogP contribution in [0.1, 0.15) is 24.6 Å². The number of aryl methyl sites for hydroxylation is 1. The number of rotatable bonds is 3. The Hall–Kier alpha value is -2.41. The number of nitrogens with one attached hydrogen (secondary N) is 2. The standard InChI is InChI=1S/C15H19N5O2/c1-20-10-17-9-13(20)14-8-12(4-7-22-14)19-15(21)18-11-2-5-16-6-3-11/h2-3,5-6,9-10,12,14H,4,7-8H2,1H3,(H2,16,18,19,21)/t12-,14-/m0/s1. The second-order valence-electron chi connectivity index (χ2n) is 5.34. The Labute approximate surface area is 128 Å². The summed E-state index contributed by atoms with van der Waals surface area (Å²) in [5.74, 6) is 0. The van der Waals surface area contributed by atoms with Gasteiger partial charge in [0.15, 0.2) is 0 Å². The number of imidazole rings is 1. The van der Waals surface area contributed by atoms with Crippen LogP contribution < -0.4 is 10.6 Å². The molecular formula is C15H19N5O2. The number of ether oxygens (including phenoxy) is 1. The molecule has 1 saturated heterocycles. The van der Waals surface area contributed by atoms with E-state index in [0.29, 0.717) is 6.61 Å². The summed E-state index contributed by atoms with van der Waals surface area (Å²) in [6, 6.07) is 3.38. The van der Waals surface area contributed by atoms with Crippen molar-refractivity contribution in [2.45, 2.75) is 25.0 Å². The molecule has 2 N–H and O–H groups in total. The predicted octanol–water partition coefficient (Wildman–Crippen LogP) is 1.86. The Morgan fingerprint density at radius 1 is 1.36 bits per heavy atom. The Kier molecular flexibility index (Phi) is 4.34. The van der Waals surface area contributed by atoms with E-state index in [9.17, 15) is 4.79 Å². The van der Waals surface area contributed by atoms with Crippen molar-refractivity contribution in [2.24, 2.45) is 7.05 Å². The molecule has 116 valence electrons. The zero-order valence-electron chi connectivity index (χ0n) is 12.4. The van der Waals surface area contributed by atoms with Gasteiger partial charge in [0.2, 0.25) is 0 Å². The van der Waals surface area contributed by atoms with E-state index in [0.717, 1.165) is 24.2 Å². The van der Waals surface area contributed by atoms with Gasteiger partial charge in [-0.2, -0.15) is 0 Å². The van der Waals surface area contributed by atoms with Gasteiger partial charge in [0.25, 0.3) is 0 Å². The maximum absolute atomic E-state index is 12.0. The molecular weight excluding hydrogens is 282 g/mol. The van der Waals surface area contributed by atoms with E-state index in [4.69, 9.17) is 4.74 Å². The van der Waals surface area contributed by atoms with Crippen LogP contribution in [0.3, 0.4) is 0 Å². The molecule has 0 radical (unpaired) electrons. The van der Waals surface area contributed by atoms with Crippen LogP contribution in [0, 0.1) is 0 Å². The molecule has 1 aliphatic heterocycles. The van der Waals surface area contributed by atoms with Gasteiger partial charge in [-0.3, -0.25) is 4.98 Å². The van der Waals surface area contributed by atoms with Crippen LogP contribution in [0.25, 0.3) is 0 Å². The fraction of sp³-hybridized carbons (Fsp3) is 0.400. The van der Waals surface area contributed by atoms with Crippen molar-refractivity contribution in [1.82, 2.24) is 19.9 Å². The van der Waals surface area contributed by atoms with E-state index in [1.807, 2.05) is 17.8 Å². The number of urea groups is 1. The highest BCUT2D eigenvalue weighted by molar-refractivity contribution is 5.89. The SMILES string of the molecule is Cn1cncc1[C@@H]1C[C@@H](NC(=O)Nc2ccncc2)CCO1. The quantitative estimate of drug-likeness (QED) is 0.906. The first kappa shape index (κ1) is 14.5. The van der Waals surface area contributed by atoms with E-state index in [2.05, 4.69) is 20.6 Å². The van der Waals surface area contributed by atoms with Crippen molar-refractivity contribution >= 4 is 11.7 Å². The number of nitrogens with zero attached hydrogens (tertiary/aromatic N) is 3. The van der Waals surface area contributed by atoms with Gasteiger partial charge in [-0.15, -0.1) is 0 Å². The van der Waals surface area contributed by atoms with Crippen LogP contribution >= 0.6 is 0 Å². The summed E-state index contributed by atoms with van der Waals surface area (Å²) in [5.41, 5.74) is 1.75. The third kappa shape index (κ3) is 3.43. The fourth-order valence-corrected chi connectivity index (χ4v) is 2.60. The number of carbonyl (C=O) groups excluding carboxylic acids is 1. The predicted molar refractivity (Wildman–Crippen MR) is 81.3 cm³/mol. The van der Waals surface area contributed by atoms with Crippen LogP contribution in [0.4, 0.5) is 10.5 Å². The Morgan fingerprint density at radius 3 is 2.91 bits per heavy atom. The molecule has 7 nitrogen and oxygen atoms in total. The molecule has 1 fully saturated rings. The normalized spacial score (nSPS) is 21.3. The number of aromatic nitrogens is 3. The lowest BCUT2D eigenvalue weighted by atomic mass is 10.0. The van der Waals surface area contributed by atoms with E-state index < -0.39 is 0 Å². The number of hydrogen-bond donors (Lipinski definition) is 2. The maximum atomic E-state index is 12.0. The molecule has 1 aliphatic rings. The first-order chi connectivity index (χ1) is 10.7. The van der Waals surface area contributed by atoms with E-state index in [1.54, 1.807) is 30.9 Å². The highest BCUT2D eigenvalue weighted by atomic mass is 16.5. The molecule has 2 atom stereocenters. The molecule has 3 rings (SSSR count). The average molecular weight is 301 g/mol. The van der Waals surface area contributed by atoms with Gasteiger partial charge in [0.05, 0.1) is 18.2 Å². The smallest absolute Gasteiger partial charge is 0.319 e. The van der Waals surface area contributed by atoms with Gasteiger partial charge < -0.3 is 19.9 Å². The lowest BCUT2D eigenvalue weighted by Crippen LogP contribution is -2.42. The van der Waals surface area contributed by atoms with Crippen molar-refractivity contribution < 1.29 is 9.53 Å². The molecule has 22 heavy (non-hydrogen) atoms. The lowest BCUT2D eigenvalue weighted by molar-refractivity contribution is -0.00151. The van der Waals surface area contributed by atoms with Crippen LogP contribution in [0.2, 0.25) is 0 Å². The Bertz CT molecular complexity index is 628. The molecule has 2 aromatic rings. The first-order valence-electron chi connectivity index (χ1n) is 7.28. The molecule has 0 aliphatic carbocycles. The summed E-state index contributed by atoms with van der Waals surface area (Å²) in [6.45, 7) is 0.621. The highest BCUT2D eigenvalue weighted by Gasteiger charge is 2.26. The first-order valence-corrected chi connectivity index (χ1v) is 7.28. The summed E-state index contributed by atoms with van der Waals surface area (Å²) >= 11 is 0. The van der Waals surface area contributed by atoms with Crippen molar-refractivity contribution in [2.75, 3.05) is 11.9 Å². The van der Waals surface area contributed by atoms with Crippen LogP contribution in [0.5, 0.6) is 0 Å². The average Bonchev–Trinajstić information content (AvgIpc) is 2.94. The Morgan fingerprint density at radius 2 is 2.18 bits per heavy atom. The summed E-state index contributed by atoms with van der Waals surface area (Å²) < 4.78 is 7.74. The number of pyridine rings is 1. The van der Waals surface area contributed by atoms with Crippen LogP contribution in [0.15, 0.2) is 37.1 Å². The van der Waals surface area contributed by atoms with Crippen molar-refractivity contribution in [3.05, 3.63) is 42.7 Å². The van der Waals surface area contributed by atoms with E-state index >= 15 is 0 Å². The monoisotopic (exact) mass is 301 g/mol. The van der Waals surface area contributed by atoms with Crippen molar-refractivity contribution in [3.8, 4) is 0 Å². The lowest BCUT2D eigenvalue weighted by Gasteiger charge is -2.30. The molecule has 0 saturated carbocycles. The molecule has 7 heteroatoms. The number of amides is 2. The molecule has 2 amide bonds. The van der Waals surface area contributed by atoms with E-state index in [1.165, 1.54) is 0 Å². The number of hydrogen-bond acceptors (Lipinski definition) is 4. The maximum Gasteiger partial charge on any atom is 0.319 e. The largest absolute Gasteiger partial charge is 0.372 e. The zero-order chi connectivity index (χ0) is 15.4. The molecule has 3 heterocycles. The molecule has 0 unspecified atom stereocenters. The minimum absolute atomic E-state index is 0.0347. The van der Waals surface area contributed by atoms with Gasteiger partial charge in [0.1, 0.15) is 6.10 Å². The van der Waals surface area contributed by atoms with Gasteiger partial charge >= 0.3 is 6.03 Å². The van der Waals surface area contributed by atoms with E-state index in [-0.39, 0.29) is 18.2 Å². The summed E-state index contributed by atoms with van der Waals surface area (Å²) in [7, 11) is 1.94. The minimum Gasteiger partial charge on any atom is -0.372 e. The van der Waals surface area contributed by atoms with Gasteiger partial charge in [-0.1, -0.05) is 0 Å². The van der Waals surface area contributed by atoms with Gasteiger partial charge in [-0.25, -0.2) is 9.78 Å². The molecule has 0 bridgehead atoms. The Balaban J connectivity index is 1.56. The highest BCUT2D eigenvalue weighted by Crippen LogP contribution is 2.27.